The molecule has 3 aromatic rings. The number of ether oxygens (including phenoxy) is 3. The normalized spacial score (nSPS) is 11.1. The van der Waals surface area contributed by atoms with Gasteiger partial charge < -0.3 is 19.5 Å². The van der Waals surface area contributed by atoms with Crippen molar-refractivity contribution < 1.29 is 27.4 Å². The number of carbonyl (C=O) groups is 1. The number of sulfonamides is 1. The van der Waals surface area contributed by atoms with Crippen molar-refractivity contribution in [2.45, 2.75) is 24.8 Å². The molecule has 0 radical (unpaired) electrons. The zero-order valence-electron chi connectivity index (χ0n) is 19.5. The van der Waals surface area contributed by atoms with E-state index in [2.05, 4.69) is 5.32 Å². The molecule has 0 aliphatic carbocycles. The van der Waals surface area contributed by atoms with Crippen LogP contribution in [0, 0.1) is 0 Å². The second-order valence-electron chi connectivity index (χ2n) is 7.60. The number of nitrogens with zero attached hydrogens (tertiary/aromatic N) is 1. The van der Waals surface area contributed by atoms with E-state index in [4.69, 9.17) is 14.2 Å². The fraction of sp³-hybridized carbons (Fsp3) is 0.240. The van der Waals surface area contributed by atoms with Crippen LogP contribution in [0.3, 0.4) is 0 Å². The summed E-state index contributed by atoms with van der Waals surface area (Å²) in [6.45, 7) is 3.37. The van der Waals surface area contributed by atoms with Gasteiger partial charge in [-0.15, -0.1) is 0 Å². The molecule has 3 aromatic carbocycles. The number of benzene rings is 3. The summed E-state index contributed by atoms with van der Waals surface area (Å²) in [4.78, 5) is 13.0. The summed E-state index contributed by atoms with van der Waals surface area (Å²) in [5, 5.41) is 2.74. The largest absolute Gasteiger partial charge is 0.497 e. The number of carbonyl (C=O) groups excluding carboxylic acids is 1. The first kappa shape index (κ1) is 24.9. The van der Waals surface area contributed by atoms with Crippen LogP contribution in [0.15, 0.2) is 77.7 Å². The Morgan fingerprint density at radius 3 is 2.15 bits per heavy atom. The Hall–Kier alpha value is -3.72. The molecule has 0 aliphatic rings. The number of nitrogens with one attached hydrogen (secondary N) is 1. The third kappa shape index (κ3) is 5.99. The molecule has 1 N–H and O–H groups in total. The van der Waals surface area contributed by atoms with Crippen LogP contribution in [-0.2, 0) is 14.8 Å². The SMILES string of the molecule is COc1ccc(N(CC(=O)Nc2ccc(OC(C)C)cc2)S(=O)(=O)c2ccccc2)c(OC)c1. The number of methoxy groups -OCH3 is 2. The number of hydrogen-bond acceptors (Lipinski definition) is 6. The summed E-state index contributed by atoms with van der Waals surface area (Å²) in [7, 11) is -1.16. The van der Waals surface area contributed by atoms with Gasteiger partial charge in [0, 0.05) is 11.8 Å². The lowest BCUT2D eigenvalue weighted by Gasteiger charge is -2.26. The third-order valence-electron chi connectivity index (χ3n) is 4.78. The molecule has 9 heteroatoms. The van der Waals surface area contributed by atoms with Gasteiger partial charge in [0.15, 0.2) is 0 Å². The van der Waals surface area contributed by atoms with Crippen molar-refractivity contribution in [2.75, 3.05) is 30.4 Å². The summed E-state index contributed by atoms with van der Waals surface area (Å²) >= 11 is 0. The molecule has 34 heavy (non-hydrogen) atoms. The van der Waals surface area contributed by atoms with E-state index >= 15 is 0 Å². The van der Waals surface area contributed by atoms with Crippen molar-refractivity contribution in [2.24, 2.45) is 0 Å². The lowest BCUT2D eigenvalue weighted by atomic mass is 10.2. The highest BCUT2D eigenvalue weighted by Gasteiger charge is 2.29. The highest BCUT2D eigenvalue weighted by atomic mass is 32.2. The Labute approximate surface area is 200 Å². The van der Waals surface area contributed by atoms with Gasteiger partial charge in [-0.05, 0) is 62.4 Å². The summed E-state index contributed by atoms with van der Waals surface area (Å²) in [6, 6.07) is 19.5. The zero-order valence-corrected chi connectivity index (χ0v) is 20.3. The Morgan fingerprint density at radius 1 is 0.912 bits per heavy atom. The van der Waals surface area contributed by atoms with Crippen molar-refractivity contribution in [3.63, 3.8) is 0 Å². The minimum absolute atomic E-state index is 0.0247. The standard InChI is InChI=1S/C25H28N2O6S/c1-18(2)33-20-12-10-19(11-13-20)26-25(28)17-27(34(29,30)22-8-6-5-7-9-22)23-15-14-21(31-3)16-24(23)32-4/h5-16,18H,17H2,1-4H3,(H,26,28). The summed E-state index contributed by atoms with van der Waals surface area (Å²) in [6.07, 6.45) is 0.0247. The van der Waals surface area contributed by atoms with Crippen LogP contribution in [-0.4, -0.2) is 41.2 Å². The fourth-order valence-electron chi connectivity index (χ4n) is 3.23. The molecule has 0 saturated carbocycles. The van der Waals surface area contributed by atoms with E-state index in [0.29, 0.717) is 17.2 Å². The van der Waals surface area contributed by atoms with E-state index in [1.165, 1.54) is 26.4 Å². The molecule has 180 valence electrons. The molecule has 0 fully saturated rings. The van der Waals surface area contributed by atoms with Crippen molar-refractivity contribution in [1.29, 1.82) is 0 Å². The Bertz CT molecular complexity index is 1210. The van der Waals surface area contributed by atoms with Crippen LogP contribution in [0.1, 0.15) is 13.8 Å². The van der Waals surface area contributed by atoms with E-state index < -0.39 is 22.5 Å². The van der Waals surface area contributed by atoms with Crippen LogP contribution in [0.2, 0.25) is 0 Å². The quantitative estimate of drug-likeness (QED) is 0.461. The molecule has 8 nitrogen and oxygen atoms in total. The smallest absolute Gasteiger partial charge is 0.264 e. The van der Waals surface area contributed by atoms with Gasteiger partial charge in [-0.1, -0.05) is 18.2 Å². The van der Waals surface area contributed by atoms with Crippen molar-refractivity contribution in [3.8, 4) is 17.2 Å². The van der Waals surface area contributed by atoms with Crippen LogP contribution in [0.4, 0.5) is 11.4 Å². The van der Waals surface area contributed by atoms with Gasteiger partial charge in [-0.3, -0.25) is 9.10 Å². The molecule has 0 heterocycles. The molecular formula is C25H28N2O6S. The van der Waals surface area contributed by atoms with Gasteiger partial charge in [0.1, 0.15) is 23.8 Å². The maximum atomic E-state index is 13.5. The number of amides is 1. The van der Waals surface area contributed by atoms with Crippen LogP contribution >= 0.6 is 0 Å². The minimum atomic E-state index is -4.08. The average molecular weight is 485 g/mol. The van der Waals surface area contributed by atoms with Gasteiger partial charge in [0.25, 0.3) is 10.0 Å². The van der Waals surface area contributed by atoms with Crippen molar-refractivity contribution >= 4 is 27.3 Å². The number of hydrogen-bond donors (Lipinski definition) is 1. The number of rotatable bonds is 10. The molecule has 3 rings (SSSR count). The van der Waals surface area contributed by atoms with Crippen LogP contribution < -0.4 is 23.8 Å². The Kier molecular flexibility index (Phi) is 8.01. The van der Waals surface area contributed by atoms with Gasteiger partial charge in [-0.2, -0.15) is 0 Å². The van der Waals surface area contributed by atoms with Crippen molar-refractivity contribution in [1.82, 2.24) is 0 Å². The van der Waals surface area contributed by atoms with E-state index in [1.54, 1.807) is 60.7 Å². The molecule has 1 amide bonds. The predicted molar refractivity (Wildman–Crippen MR) is 131 cm³/mol. The van der Waals surface area contributed by atoms with E-state index in [-0.39, 0.29) is 22.4 Å². The fourth-order valence-corrected chi connectivity index (χ4v) is 4.68. The minimum Gasteiger partial charge on any atom is -0.497 e. The average Bonchev–Trinajstić information content (AvgIpc) is 2.83. The highest BCUT2D eigenvalue weighted by molar-refractivity contribution is 7.92. The van der Waals surface area contributed by atoms with Gasteiger partial charge in [0.2, 0.25) is 5.91 Å². The monoisotopic (exact) mass is 484 g/mol. The van der Waals surface area contributed by atoms with Gasteiger partial charge >= 0.3 is 0 Å². The molecule has 0 unspecified atom stereocenters. The molecule has 0 aromatic heterocycles. The lowest BCUT2D eigenvalue weighted by Crippen LogP contribution is -2.38. The lowest BCUT2D eigenvalue weighted by molar-refractivity contribution is -0.114. The Balaban J connectivity index is 1.92. The Morgan fingerprint density at radius 2 is 1.56 bits per heavy atom. The highest BCUT2D eigenvalue weighted by Crippen LogP contribution is 2.35. The summed E-state index contributed by atoms with van der Waals surface area (Å²) < 4.78 is 44.3. The number of anilines is 2. The van der Waals surface area contributed by atoms with E-state index in [1.807, 2.05) is 13.8 Å². The maximum absolute atomic E-state index is 13.5. The molecule has 0 saturated heterocycles. The first-order valence-electron chi connectivity index (χ1n) is 10.6. The van der Waals surface area contributed by atoms with Crippen molar-refractivity contribution in [3.05, 3.63) is 72.8 Å². The predicted octanol–water partition coefficient (Wildman–Crippen LogP) is 4.33. The summed E-state index contributed by atoms with van der Waals surface area (Å²) in [5.41, 5.74) is 0.725. The first-order chi connectivity index (χ1) is 16.2. The zero-order chi connectivity index (χ0) is 24.7. The van der Waals surface area contributed by atoms with Crippen LogP contribution in [0.25, 0.3) is 0 Å². The first-order valence-corrected chi connectivity index (χ1v) is 12.0. The van der Waals surface area contributed by atoms with Gasteiger partial charge in [0.05, 0.1) is 30.9 Å². The summed E-state index contributed by atoms with van der Waals surface area (Å²) in [5.74, 6) is 0.895. The van der Waals surface area contributed by atoms with E-state index in [0.717, 1.165) is 4.31 Å². The molecule has 0 atom stereocenters. The maximum Gasteiger partial charge on any atom is 0.264 e. The molecule has 0 aliphatic heterocycles. The topological polar surface area (TPSA) is 94.2 Å². The molecular weight excluding hydrogens is 456 g/mol. The second kappa shape index (κ2) is 10.9. The molecule has 0 spiro atoms. The van der Waals surface area contributed by atoms with E-state index in [9.17, 15) is 13.2 Å². The molecule has 0 bridgehead atoms. The van der Waals surface area contributed by atoms with Gasteiger partial charge in [-0.25, -0.2) is 8.42 Å². The van der Waals surface area contributed by atoms with Crippen LogP contribution in [0.5, 0.6) is 17.2 Å². The second-order valence-corrected chi connectivity index (χ2v) is 9.46. The third-order valence-corrected chi connectivity index (χ3v) is 6.56.